The average Bonchev–Trinajstić information content (AvgIpc) is 3.22. The van der Waals surface area contributed by atoms with Crippen LogP contribution in [0.25, 0.3) is 0 Å². The van der Waals surface area contributed by atoms with Gasteiger partial charge in [0.2, 0.25) is 0 Å². The lowest BCUT2D eigenvalue weighted by Crippen LogP contribution is -2.35. The predicted octanol–water partition coefficient (Wildman–Crippen LogP) is 0.580. The van der Waals surface area contributed by atoms with Gasteiger partial charge in [-0.05, 0) is 18.8 Å². The van der Waals surface area contributed by atoms with Crippen LogP contribution in [-0.2, 0) is 9.47 Å². The summed E-state index contributed by atoms with van der Waals surface area (Å²) in [4.78, 5) is 22.7. The topological polar surface area (TPSA) is 76.6 Å². The van der Waals surface area contributed by atoms with Crippen molar-refractivity contribution < 1.29 is 14.3 Å². The minimum absolute atomic E-state index is 0.159. The van der Waals surface area contributed by atoms with Gasteiger partial charge in [0.1, 0.15) is 5.69 Å². The quantitative estimate of drug-likeness (QED) is 0.840. The third kappa shape index (κ3) is 3.99. The SMILES string of the molecule is O=C(NC[C@H]1CO[C@@H]2CN(CC3CCOCC3)C[C@H]12)c1cnccn1. The first-order valence-electron chi connectivity index (χ1n) is 9.25. The molecule has 0 saturated carbocycles. The van der Waals surface area contributed by atoms with Crippen LogP contribution in [0.2, 0.25) is 0 Å². The van der Waals surface area contributed by atoms with Crippen molar-refractivity contribution in [2.24, 2.45) is 17.8 Å². The Morgan fingerprint density at radius 2 is 2.16 bits per heavy atom. The largest absolute Gasteiger partial charge is 0.381 e. The van der Waals surface area contributed by atoms with Gasteiger partial charge in [-0.2, -0.15) is 0 Å². The van der Waals surface area contributed by atoms with Gasteiger partial charge in [-0.25, -0.2) is 4.98 Å². The van der Waals surface area contributed by atoms with Gasteiger partial charge in [0.05, 0.1) is 18.9 Å². The lowest BCUT2D eigenvalue weighted by molar-refractivity contribution is 0.0487. The smallest absolute Gasteiger partial charge is 0.271 e. The van der Waals surface area contributed by atoms with E-state index in [0.29, 0.717) is 30.2 Å². The summed E-state index contributed by atoms with van der Waals surface area (Å²) in [5.41, 5.74) is 0.366. The van der Waals surface area contributed by atoms with E-state index in [9.17, 15) is 4.79 Å². The van der Waals surface area contributed by atoms with Gasteiger partial charge in [-0.15, -0.1) is 0 Å². The Hall–Kier alpha value is -1.57. The molecule has 0 radical (unpaired) electrons. The van der Waals surface area contributed by atoms with Crippen LogP contribution < -0.4 is 5.32 Å². The lowest BCUT2D eigenvalue weighted by atomic mass is 9.93. The van der Waals surface area contributed by atoms with E-state index < -0.39 is 0 Å². The third-order valence-electron chi connectivity index (χ3n) is 5.69. The van der Waals surface area contributed by atoms with Crippen LogP contribution >= 0.6 is 0 Å². The van der Waals surface area contributed by atoms with Gasteiger partial charge >= 0.3 is 0 Å². The van der Waals surface area contributed by atoms with Gasteiger partial charge in [-0.3, -0.25) is 9.78 Å². The number of likely N-dealkylation sites (tertiary alicyclic amines) is 1. The standard InChI is InChI=1S/C18H26N4O3/c23-18(16-8-19-3-4-20-16)21-7-14-12-25-17-11-22(10-15(14)17)9-13-1-5-24-6-2-13/h3-4,8,13-15,17H,1-2,5-7,9-12H2,(H,21,23)/t14-,15+,17+/m0/s1. The molecule has 3 aliphatic rings. The van der Waals surface area contributed by atoms with Gasteiger partial charge in [0.25, 0.3) is 5.91 Å². The normalized spacial score (nSPS) is 30.3. The molecule has 25 heavy (non-hydrogen) atoms. The maximum atomic E-state index is 12.1. The fourth-order valence-corrected chi connectivity index (χ4v) is 4.26. The summed E-state index contributed by atoms with van der Waals surface area (Å²) < 4.78 is 11.5. The van der Waals surface area contributed by atoms with Crippen molar-refractivity contribution in [1.29, 1.82) is 0 Å². The van der Waals surface area contributed by atoms with E-state index in [2.05, 4.69) is 20.2 Å². The van der Waals surface area contributed by atoms with Crippen molar-refractivity contribution in [2.45, 2.75) is 18.9 Å². The summed E-state index contributed by atoms with van der Waals surface area (Å²) in [5.74, 6) is 1.49. The number of hydrogen-bond donors (Lipinski definition) is 1. The van der Waals surface area contributed by atoms with Gasteiger partial charge in [0.15, 0.2) is 0 Å². The van der Waals surface area contributed by atoms with Crippen molar-refractivity contribution >= 4 is 5.91 Å². The fourth-order valence-electron chi connectivity index (χ4n) is 4.26. The highest BCUT2D eigenvalue weighted by Gasteiger charge is 2.44. The van der Waals surface area contributed by atoms with Gasteiger partial charge in [-0.1, -0.05) is 0 Å². The molecular weight excluding hydrogens is 320 g/mol. The van der Waals surface area contributed by atoms with E-state index in [1.165, 1.54) is 25.2 Å². The Bertz CT molecular complexity index is 579. The number of ether oxygens (including phenoxy) is 2. The van der Waals surface area contributed by atoms with E-state index in [4.69, 9.17) is 9.47 Å². The maximum Gasteiger partial charge on any atom is 0.271 e. The molecule has 3 atom stereocenters. The number of amides is 1. The van der Waals surface area contributed by atoms with E-state index in [-0.39, 0.29) is 5.91 Å². The summed E-state index contributed by atoms with van der Waals surface area (Å²) in [6, 6.07) is 0. The number of nitrogens with zero attached hydrogens (tertiary/aromatic N) is 3. The molecule has 4 heterocycles. The molecule has 136 valence electrons. The average molecular weight is 346 g/mol. The van der Waals surface area contributed by atoms with E-state index >= 15 is 0 Å². The van der Waals surface area contributed by atoms with Crippen LogP contribution in [0.3, 0.4) is 0 Å². The first kappa shape index (κ1) is 16.9. The Morgan fingerprint density at radius 1 is 1.28 bits per heavy atom. The van der Waals surface area contributed by atoms with Gasteiger partial charge in [0, 0.05) is 63.6 Å². The van der Waals surface area contributed by atoms with Crippen molar-refractivity contribution in [3.8, 4) is 0 Å². The van der Waals surface area contributed by atoms with Crippen LogP contribution in [-0.4, -0.2) is 72.9 Å². The first-order chi connectivity index (χ1) is 12.3. The molecule has 1 aromatic heterocycles. The van der Waals surface area contributed by atoms with Crippen LogP contribution in [0, 0.1) is 17.8 Å². The molecule has 1 amide bonds. The molecule has 7 nitrogen and oxygen atoms in total. The Kier molecular flexibility index (Phi) is 5.24. The molecule has 0 aromatic carbocycles. The Morgan fingerprint density at radius 3 is 2.96 bits per heavy atom. The summed E-state index contributed by atoms with van der Waals surface area (Å²) in [7, 11) is 0. The minimum Gasteiger partial charge on any atom is -0.381 e. The van der Waals surface area contributed by atoms with Crippen molar-refractivity contribution in [1.82, 2.24) is 20.2 Å². The van der Waals surface area contributed by atoms with Crippen LogP contribution in [0.4, 0.5) is 0 Å². The van der Waals surface area contributed by atoms with Crippen LogP contribution in [0.1, 0.15) is 23.3 Å². The number of carbonyl (C=O) groups is 1. The molecule has 7 heteroatoms. The van der Waals surface area contributed by atoms with Crippen LogP contribution in [0.5, 0.6) is 0 Å². The van der Waals surface area contributed by atoms with E-state index in [0.717, 1.165) is 45.4 Å². The molecule has 3 fully saturated rings. The molecule has 1 aromatic rings. The second-order valence-corrected chi connectivity index (χ2v) is 7.37. The number of fused-ring (bicyclic) bond motifs is 1. The van der Waals surface area contributed by atoms with Crippen molar-refractivity contribution in [3.63, 3.8) is 0 Å². The van der Waals surface area contributed by atoms with E-state index in [1.807, 2.05) is 0 Å². The van der Waals surface area contributed by atoms with Gasteiger partial charge < -0.3 is 19.7 Å². The highest BCUT2D eigenvalue weighted by Crippen LogP contribution is 2.34. The second kappa shape index (κ2) is 7.76. The monoisotopic (exact) mass is 346 g/mol. The minimum atomic E-state index is -0.159. The number of aromatic nitrogens is 2. The maximum absolute atomic E-state index is 12.1. The Labute approximate surface area is 148 Å². The molecule has 0 bridgehead atoms. The summed E-state index contributed by atoms with van der Waals surface area (Å²) in [5, 5.41) is 2.99. The number of rotatable bonds is 5. The lowest BCUT2D eigenvalue weighted by Gasteiger charge is -2.27. The highest BCUT2D eigenvalue weighted by atomic mass is 16.5. The zero-order chi connectivity index (χ0) is 17.1. The molecule has 0 spiro atoms. The second-order valence-electron chi connectivity index (χ2n) is 7.37. The molecule has 0 unspecified atom stereocenters. The predicted molar refractivity (Wildman–Crippen MR) is 91.1 cm³/mol. The molecule has 3 saturated heterocycles. The zero-order valence-electron chi connectivity index (χ0n) is 14.5. The summed E-state index contributed by atoms with van der Waals surface area (Å²) in [6.07, 6.45) is 7.26. The Balaban J connectivity index is 1.26. The fraction of sp³-hybridized carbons (Fsp3) is 0.722. The number of nitrogens with one attached hydrogen (secondary N) is 1. The number of carbonyl (C=O) groups excluding carboxylic acids is 1. The zero-order valence-corrected chi connectivity index (χ0v) is 14.5. The molecule has 1 N–H and O–H groups in total. The van der Waals surface area contributed by atoms with E-state index in [1.54, 1.807) is 6.20 Å². The molecular formula is C18H26N4O3. The molecule has 0 aliphatic carbocycles. The summed E-state index contributed by atoms with van der Waals surface area (Å²) >= 11 is 0. The summed E-state index contributed by atoms with van der Waals surface area (Å²) in [6.45, 7) is 6.43. The van der Waals surface area contributed by atoms with Crippen molar-refractivity contribution in [2.75, 3.05) is 46.0 Å². The molecule has 3 aliphatic heterocycles. The number of hydrogen-bond acceptors (Lipinski definition) is 6. The third-order valence-corrected chi connectivity index (χ3v) is 5.69. The molecule has 4 rings (SSSR count). The first-order valence-corrected chi connectivity index (χ1v) is 9.25. The van der Waals surface area contributed by atoms with Crippen molar-refractivity contribution in [3.05, 3.63) is 24.3 Å². The highest BCUT2D eigenvalue weighted by molar-refractivity contribution is 5.91. The van der Waals surface area contributed by atoms with Crippen LogP contribution in [0.15, 0.2) is 18.6 Å².